The molecule has 0 bridgehead atoms. The highest BCUT2D eigenvalue weighted by Gasteiger charge is 2.13. The van der Waals surface area contributed by atoms with Gasteiger partial charge in [-0.15, -0.1) is 0 Å². The number of halogens is 1. The predicted molar refractivity (Wildman–Crippen MR) is 104 cm³/mol. The highest BCUT2D eigenvalue weighted by molar-refractivity contribution is 5.91. The summed E-state index contributed by atoms with van der Waals surface area (Å²) < 4.78 is 24.9. The van der Waals surface area contributed by atoms with Gasteiger partial charge in [0.05, 0.1) is 6.61 Å². The monoisotopic (exact) mass is 375 g/mol. The van der Waals surface area contributed by atoms with Crippen LogP contribution in [0.1, 0.15) is 6.42 Å². The summed E-state index contributed by atoms with van der Waals surface area (Å²) in [6.45, 7) is 2.80. The maximum atomic E-state index is 14.2. The van der Waals surface area contributed by atoms with Crippen LogP contribution in [0.4, 0.5) is 14.9 Å². The Balaban J connectivity index is 1.86. The van der Waals surface area contributed by atoms with Crippen LogP contribution < -0.4 is 15.4 Å². The number of benzene rings is 2. The lowest BCUT2D eigenvalue weighted by molar-refractivity contribution is 0.160. The van der Waals surface area contributed by atoms with E-state index in [1.165, 1.54) is 12.1 Å². The summed E-state index contributed by atoms with van der Waals surface area (Å²) in [6.07, 6.45) is 0.776. The van der Waals surface area contributed by atoms with Crippen LogP contribution in [0.2, 0.25) is 0 Å². The number of hydrogen-bond acceptors (Lipinski definition) is 4. The molecule has 0 aromatic heterocycles. The molecular weight excluding hydrogens is 349 g/mol. The van der Waals surface area contributed by atoms with Gasteiger partial charge in [0.25, 0.3) is 0 Å². The quantitative estimate of drug-likeness (QED) is 0.622. The zero-order valence-electron chi connectivity index (χ0n) is 15.7. The van der Waals surface area contributed by atoms with Crippen molar-refractivity contribution in [1.82, 2.24) is 10.2 Å². The summed E-state index contributed by atoms with van der Waals surface area (Å²) >= 11 is 0. The van der Waals surface area contributed by atoms with Gasteiger partial charge in [-0.3, -0.25) is 0 Å². The average molecular weight is 375 g/mol. The molecule has 7 heteroatoms. The molecule has 0 aliphatic heterocycles. The van der Waals surface area contributed by atoms with Gasteiger partial charge in [-0.25, -0.2) is 9.18 Å². The predicted octanol–water partition coefficient (Wildman–Crippen LogP) is 3.71. The maximum absolute atomic E-state index is 14.2. The summed E-state index contributed by atoms with van der Waals surface area (Å²) in [6, 6.07) is 13.0. The van der Waals surface area contributed by atoms with Crippen LogP contribution in [-0.2, 0) is 4.74 Å². The number of para-hydroxylation sites is 2. The molecule has 2 rings (SSSR count). The maximum Gasteiger partial charge on any atom is 0.319 e. The number of anilines is 1. The van der Waals surface area contributed by atoms with Gasteiger partial charge in [-0.1, -0.05) is 24.3 Å². The third-order valence-corrected chi connectivity index (χ3v) is 3.86. The minimum Gasteiger partial charge on any atom is -0.455 e. The van der Waals surface area contributed by atoms with Crippen molar-refractivity contribution >= 4 is 11.7 Å². The van der Waals surface area contributed by atoms with Gasteiger partial charge in [0.1, 0.15) is 11.4 Å². The minimum absolute atomic E-state index is 0.0102. The number of carbonyl (C=O) groups excluding carboxylic acids is 1. The van der Waals surface area contributed by atoms with Crippen LogP contribution in [0.5, 0.6) is 11.5 Å². The highest BCUT2D eigenvalue weighted by atomic mass is 19.1. The van der Waals surface area contributed by atoms with E-state index in [1.807, 2.05) is 25.2 Å². The lowest BCUT2D eigenvalue weighted by atomic mass is 10.2. The number of rotatable bonds is 10. The summed E-state index contributed by atoms with van der Waals surface area (Å²) in [5.74, 6) is 0.249. The molecule has 2 aromatic rings. The summed E-state index contributed by atoms with van der Waals surface area (Å²) in [5, 5.41) is 5.27. The molecule has 0 radical (unpaired) electrons. The van der Waals surface area contributed by atoms with E-state index in [0.29, 0.717) is 18.9 Å². The number of nitrogens with zero attached hydrogens (tertiary/aromatic N) is 1. The van der Waals surface area contributed by atoms with Gasteiger partial charge in [0.2, 0.25) is 0 Å². The van der Waals surface area contributed by atoms with Crippen LogP contribution in [0.3, 0.4) is 0 Å². The average Bonchev–Trinajstić information content (AvgIpc) is 2.67. The molecule has 2 N–H and O–H groups in total. The lowest BCUT2D eigenvalue weighted by Crippen LogP contribution is -2.32. The molecule has 0 spiro atoms. The lowest BCUT2D eigenvalue weighted by Gasteiger charge is -2.16. The molecule has 0 atom stereocenters. The molecule has 0 unspecified atom stereocenters. The van der Waals surface area contributed by atoms with Gasteiger partial charge in [-0.05, 0) is 44.3 Å². The Bertz CT molecular complexity index is 713. The molecule has 0 fully saturated rings. The Morgan fingerprint density at radius 2 is 1.89 bits per heavy atom. The Labute approximate surface area is 159 Å². The number of urea groups is 1. The molecule has 0 aliphatic carbocycles. The normalized spacial score (nSPS) is 10.7. The molecule has 146 valence electrons. The van der Waals surface area contributed by atoms with E-state index < -0.39 is 11.8 Å². The van der Waals surface area contributed by atoms with Crippen LogP contribution in [0.15, 0.2) is 48.5 Å². The summed E-state index contributed by atoms with van der Waals surface area (Å²) in [7, 11) is 3.66. The zero-order chi connectivity index (χ0) is 19.5. The third-order valence-electron chi connectivity index (χ3n) is 3.86. The molecule has 6 nitrogen and oxygen atoms in total. The van der Waals surface area contributed by atoms with E-state index >= 15 is 0 Å². The molecule has 0 saturated heterocycles. The Kier molecular flexibility index (Phi) is 8.54. The number of ether oxygens (including phenoxy) is 2. The first-order chi connectivity index (χ1) is 13.1. The first-order valence-corrected chi connectivity index (χ1v) is 8.84. The molecule has 0 heterocycles. The zero-order valence-corrected chi connectivity index (χ0v) is 15.7. The van der Waals surface area contributed by atoms with E-state index in [4.69, 9.17) is 9.47 Å². The van der Waals surface area contributed by atoms with Crippen molar-refractivity contribution in [1.29, 1.82) is 0 Å². The van der Waals surface area contributed by atoms with Gasteiger partial charge in [0, 0.05) is 20.2 Å². The second kappa shape index (κ2) is 11.2. The van der Waals surface area contributed by atoms with Gasteiger partial charge in [-0.2, -0.15) is 0 Å². The van der Waals surface area contributed by atoms with E-state index in [9.17, 15) is 9.18 Å². The molecule has 0 saturated carbocycles. The molecular formula is C20H26FN3O3. The Morgan fingerprint density at radius 3 is 2.63 bits per heavy atom. The van der Waals surface area contributed by atoms with E-state index in [1.54, 1.807) is 25.3 Å². The van der Waals surface area contributed by atoms with Crippen LogP contribution >= 0.6 is 0 Å². The molecule has 2 aromatic carbocycles. The Morgan fingerprint density at radius 1 is 1.11 bits per heavy atom. The number of nitrogens with one attached hydrogen (secondary N) is 2. The van der Waals surface area contributed by atoms with Crippen molar-refractivity contribution in [2.75, 3.05) is 45.7 Å². The second-order valence-corrected chi connectivity index (χ2v) is 6.06. The molecule has 27 heavy (non-hydrogen) atoms. The van der Waals surface area contributed by atoms with Crippen molar-refractivity contribution in [3.63, 3.8) is 0 Å². The molecule has 2 amide bonds. The fourth-order valence-electron chi connectivity index (χ4n) is 2.39. The first kappa shape index (κ1) is 20.7. The van der Waals surface area contributed by atoms with Crippen molar-refractivity contribution in [2.45, 2.75) is 6.42 Å². The number of amides is 2. The summed E-state index contributed by atoms with van der Waals surface area (Å²) in [5.41, 5.74) is 0.0102. The summed E-state index contributed by atoms with van der Waals surface area (Å²) in [4.78, 5) is 14.2. The van der Waals surface area contributed by atoms with Crippen LogP contribution in [0, 0.1) is 5.82 Å². The van der Waals surface area contributed by atoms with Crippen molar-refractivity contribution < 1.29 is 18.7 Å². The number of hydrogen-bond donors (Lipinski definition) is 2. The highest BCUT2D eigenvalue weighted by Crippen LogP contribution is 2.31. The van der Waals surface area contributed by atoms with Crippen LogP contribution in [-0.4, -0.2) is 51.3 Å². The third kappa shape index (κ3) is 7.24. The Hall–Kier alpha value is -2.64. The minimum atomic E-state index is -0.558. The van der Waals surface area contributed by atoms with Crippen LogP contribution in [0.25, 0.3) is 0 Å². The van der Waals surface area contributed by atoms with E-state index in [0.717, 1.165) is 19.5 Å². The topological polar surface area (TPSA) is 62.8 Å². The fourth-order valence-corrected chi connectivity index (χ4v) is 2.39. The molecule has 0 aliphatic rings. The second-order valence-electron chi connectivity index (χ2n) is 6.06. The van der Waals surface area contributed by atoms with Gasteiger partial charge in [0.15, 0.2) is 11.6 Å². The SMILES string of the molecule is COCCN(C)CCCNC(=O)Nc1c(F)cccc1Oc1ccccc1. The number of methoxy groups -OCH3 is 1. The van der Waals surface area contributed by atoms with Gasteiger partial charge < -0.3 is 25.0 Å². The van der Waals surface area contributed by atoms with Gasteiger partial charge >= 0.3 is 6.03 Å². The number of carbonyl (C=O) groups is 1. The van der Waals surface area contributed by atoms with E-state index in [-0.39, 0.29) is 11.4 Å². The first-order valence-electron chi connectivity index (χ1n) is 8.84. The van der Waals surface area contributed by atoms with Crippen molar-refractivity contribution in [3.8, 4) is 11.5 Å². The smallest absolute Gasteiger partial charge is 0.319 e. The standard InChI is InChI=1S/C20H26FN3O3/c1-24(14-15-26-2)13-7-12-22-20(25)23-19-17(21)10-6-11-18(19)27-16-8-4-3-5-9-16/h3-6,8-11H,7,12-15H2,1-2H3,(H2,22,23,25). The fraction of sp³-hybridized carbons (Fsp3) is 0.350. The van der Waals surface area contributed by atoms with Crippen molar-refractivity contribution in [2.24, 2.45) is 0 Å². The largest absolute Gasteiger partial charge is 0.455 e. The number of likely N-dealkylation sites (N-methyl/N-ethyl adjacent to an activating group) is 1. The van der Waals surface area contributed by atoms with Crippen molar-refractivity contribution in [3.05, 3.63) is 54.3 Å². The van der Waals surface area contributed by atoms with E-state index in [2.05, 4.69) is 15.5 Å².